The van der Waals surface area contributed by atoms with Crippen molar-refractivity contribution in [3.63, 3.8) is 0 Å². The molecule has 2 saturated heterocycles. The third-order valence-corrected chi connectivity index (χ3v) is 4.20. The second-order valence-corrected chi connectivity index (χ2v) is 5.29. The zero-order chi connectivity index (χ0) is 11.7. The second-order valence-electron chi connectivity index (χ2n) is 5.29. The first-order valence-corrected chi connectivity index (χ1v) is 6.66. The van der Waals surface area contributed by atoms with Crippen LogP contribution in [0.2, 0.25) is 0 Å². The quantitative estimate of drug-likeness (QED) is 0.848. The van der Waals surface area contributed by atoms with E-state index in [0.29, 0.717) is 5.92 Å². The number of nitrogens with zero attached hydrogens (tertiary/aromatic N) is 2. The van der Waals surface area contributed by atoms with Crippen molar-refractivity contribution in [2.75, 3.05) is 26.3 Å². The molecule has 1 aromatic heterocycles. The van der Waals surface area contributed by atoms with Crippen LogP contribution >= 0.6 is 0 Å². The highest BCUT2D eigenvalue weighted by Crippen LogP contribution is 2.30. The summed E-state index contributed by atoms with van der Waals surface area (Å²) in [4.78, 5) is 2.65. The van der Waals surface area contributed by atoms with Crippen LogP contribution in [0.5, 0.6) is 0 Å². The number of ether oxygens (including phenoxy) is 1. The zero-order valence-electron chi connectivity index (χ0n) is 10.5. The van der Waals surface area contributed by atoms with Gasteiger partial charge in [-0.2, -0.15) is 5.10 Å². The molecule has 0 spiro atoms. The van der Waals surface area contributed by atoms with Crippen molar-refractivity contribution in [3.05, 3.63) is 17.5 Å². The van der Waals surface area contributed by atoms with Gasteiger partial charge >= 0.3 is 0 Å². The van der Waals surface area contributed by atoms with E-state index in [-0.39, 0.29) is 0 Å². The highest BCUT2D eigenvalue weighted by atomic mass is 16.5. The van der Waals surface area contributed by atoms with E-state index in [9.17, 15) is 0 Å². The van der Waals surface area contributed by atoms with Gasteiger partial charge < -0.3 is 4.74 Å². The Hall–Kier alpha value is -0.870. The first-order chi connectivity index (χ1) is 8.34. The number of aromatic amines is 1. The molecule has 0 aliphatic carbocycles. The van der Waals surface area contributed by atoms with E-state index in [1.54, 1.807) is 0 Å². The minimum atomic E-state index is 0.653. The summed E-state index contributed by atoms with van der Waals surface area (Å²) in [5.74, 6) is 0.653. The SMILES string of the molecule is Cc1cn[nH]c1[C@H]1CCN(C2CCOCC2)C1. The van der Waals surface area contributed by atoms with E-state index in [4.69, 9.17) is 4.74 Å². The number of nitrogens with one attached hydrogen (secondary N) is 1. The molecule has 0 radical (unpaired) electrons. The molecule has 2 fully saturated rings. The van der Waals surface area contributed by atoms with Crippen LogP contribution in [0.25, 0.3) is 0 Å². The topological polar surface area (TPSA) is 41.2 Å². The molecular formula is C13H21N3O. The van der Waals surface area contributed by atoms with E-state index in [2.05, 4.69) is 22.0 Å². The van der Waals surface area contributed by atoms with Gasteiger partial charge in [0.2, 0.25) is 0 Å². The van der Waals surface area contributed by atoms with Crippen LogP contribution < -0.4 is 0 Å². The van der Waals surface area contributed by atoms with Crippen molar-refractivity contribution in [3.8, 4) is 0 Å². The Morgan fingerprint density at radius 2 is 2.18 bits per heavy atom. The molecule has 0 aromatic carbocycles. The van der Waals surface area contributed by atoms with Crippen molar-refractivity contribution in [1.29, 1.82) is 0 Å². The lowest BCUT2D eigenvalue weighted by molar-refractivity contribution is 0.0419. The van der Waals surface area contributed by atoms with Crippen molar-refractivity contribution < 1.29 is 4.74 Å². The van der Waals surface area contributed by atoms with Gasteiger partial charge in [0.05, 0.1) is 6.20 Å². The highest BCUT2D eigenvalue weighted by Gasteiger charge is 2.31. The van der Waals surface area contributed by atoms with Gasteiger partial charge in [-0.3, -0.25) is 10.00 Å². The molecule has 3 rings (SSSR count). The number of likely N-dealkylation sites (tertiary alicyclic amines) is 1. The maximum Gasteiger partial charge on any atom is 0.0519 e. The van der Waals surface area contributed by atoms with Gasteiger partial charge in [0, 0.05) is 37.4 Å². The molecule has 0 bridgehead atoms. The largest absolute Gasteiger partial charge is 0.381 e. The van der Waals surface area contributed by atoms with Crippen LogP contribution in [0.3, 0.4) is 0 Å². The van der Waals surface area contributed by atoms with Crippen molar-refractivity contribution >= 4 is 0 Å². The average Bonchev–Trinajstić information content (AvgIpc) is 2.98. The van der Waals surface area contributed by atoms with Crippen LogP contribution in [-0.4, -0.2) is 47.4 Å². The predicted octanol–water partition coefficient (Wildman–Crippen LogP) is 1.69. The Kier molecular flexibility index (Phi) is 3.16. The number of H-pyrrole nitrogens is 1. The molecule has 4 heteroatoms. The molecule has 2 aliphatic rings. The maximum absolute atomic E-state index is 5.43. The zero-order valence-corrected chi connectivity index (χ0v) is 10.5. The third-order valence-electron chi connectivity index (χ3n) is 4.20. The Bertz CT molecular complexity index is 370. The van der Waals surface area contributed by atoms with E-state index in [1.165, 1.54) is 43.6 Å². The monoisotopic (exact) mass is 235 g/mol. The maximum atomic E-state index is 5.43. The van der Waals surface area contributed by atoms with Crippen LogP contribution in [0.4, 0.5) is 0 Å². The summed E-state index contributed by atoms with van der Waals surface area (Å²) in [5.41, 5.74) is 2.66. The summed E-state index contributed by atoms with van der Waals surface area (Å²) >= 11 is 0. The molecule has 17 heavy (non-hydrogen) atoms. The fourth-order valence-corrected chi connectivity index (χ4v) is 3.17. The summed E-state index contributed by atoms with van der Waals surface area (Å²) < 4.78 is 5.43. The van der Waals surface area contributed by atoms with E-state index in [0.717, 1.165) is 19.3 Å². The Balaban J connectivity index is 1.63. The molecule has 1 atom stereocenters. The lowest BCUT2D eigenvalue weighted by Crippen LogP contribution is -2.37. The lowest BCUT2D eigenvalue weighted by atomic mass is 10.0. The van der Waals surface area contributed by atoms with Gasteiger partial charge in [-0.15, -0.1) is 0 Å². The lowest BCUT2D eigenvalue weighted by Gasteiger charge is -2.31. The van der Waals surface area contributed by atoms with Gasteiger partial charge in [-0.1, -0.05) is 0 Å². The molecule has 94 valence electrons. The fraction of sp³-hybridized carbons (Fsp3) is 0.769. The van der Waals surface area contributed by atoms with E-state index < -0.39 is 0 Å². The molecule has 3 heterocycles. The minimum Gasteiger partial charge on any atom is -0.381 e. The van der Waals surface area contributed by atoms with Crippen LogP contribution in [0.15, 0.2) is 6.20 Å². The number of rotatable bonds is 2. The van der Waals surface area contributed by atoms with Crippen LogP contribution in [0, 0.1) is 6.92 Å². The molecule has 0 unspecified atom stereocenters. The number of hydrogen-bond acceptors (Lipinski definition) is 3. The number of aromatic nitrogens is 2. The summed E-state index contributed by atoms with van der Waals surface area (Å²) in [6, 6.07) is 0.747. The standard InChI is InChI=1S/C13H21N3O/c1-10-8-14-15-13(10)11-2-5-16(9-11)12-3-6-17-7-4-12/h8,11-12H,2-7,9H2,1H3,(H,14,15)/t11-/m0/s1. The van der Waals surface area contributed by atoms with Gasteiger partial charge in [0.15, 0.2) is 0 Å². The van der Waals surface area contributed by atoms with E-state index >= 15 is 0 Å². The first-order valence-electron chi connectivity index (χ1n) is 6.66. The molecule has 0 saturated carbocycles. The Morgan fingerprint density at radius 3 is 2.88 bits per heavy atom. The minimum absolute atomic E-state index is 0.653. The average molecular weight is 235 g/mol. The molecule has 1 aromatic rings. The van der Waals surface area contributed by atoms with Gasteiger partial charge in [0.1, 0.15) is 0 Å². The smallest absolute Gasteiger partial charge is 0.0519 e. The van der Waals surface area contributed by atoms with Crippen molar-refractivity contribution in [2.45, 2.75) is 38.1 Å². The van der Waals surface area contributed by atoms with Crippen LogP contribution in [0.1, 0.15) is 36.4 Å². The normalized spacial score (nSPS) is 27.7. The number of hydrogen-bond donors (Lipinski definition) is 1. The van der Waals surface area contributed by atoms with Crippen molar-refractivity contribution in [2.24, 2.45) is 0 Å². The Labute approximate surface area is 102 Å². The van der Waals surface area contributed by atoms with Gasteiger partial charge in [-0.05, 0) is 38.3 Å². The fourth-order valence-electron chi connectivity index (χ4n) is 3.17. The molecular weight excluding hydrogens is 214 g/mol. The van der Waals surface area contributed by atoms with E-state index in [1.807, 2.05) is 6.20 Å². The van der Waals surface area contributed by atoms with Crippen LogP contribution in [-0.2, 0) is 4.74 Å². The highest BCUT2D eigenvalue weighted by molar-refractivity contribution is 5.20. The summed E-state index contributed by atoms with van der Waals surface area (Å²) in [7, 11) is 0. The summed E-state index contributed by atoms with van der Waals surface area (Å²) in [6.45, 7) is 6.45. The summed E-state index contributed by atoms with van der Waals surface area (Å²) in [6.07, 6.45) is 5.61. The number of aryl methyl sites for hydroxylation is 1. The molecule has 2 aliphatic heterocycles. The van der Waals surface area contributed by atoms with Gasteiger partial charge in [0.25, 0.3) is 0 Å². The third kappa shape index (κ3) is 2.24. The predicted molar refractivity (Wildman–Crippen MR) is 66.1 cm³/mol. The molecule has 4 nitrogen and oxygen atoms in total. The van der Waals surface area contributed by atoms with Crippen molar-refractivity contribution in [1.82, 2.24) is 15.1 Å². The Morgan fingerprint density at radius 1 is 1.35 bits per heavy atom. The summed E-state index contributed by atoms with van der Waals surface area (Å²) in [5, 5.41) is 7.31. The molecule has 1 N–H and O–H groups in total. The van der Waals surface area contributed by atoms with Gasteiger partial charge in [-0.25, -0.2) is 0 Å². The first kappa shape index (κ1) is 11.2. The second kappa shape index (κ2) is 4.78. The molecule has 0 amide bonds.